The number of esters is 1. The first-order valence-corrected chi connectivity index (χ1v) is 9.35. The van der Waals surface area contributed by atoms with Crippen LogP contribution in [0.15, 0.2) is 16.7 Å². The van der Waals surface area contributed by atoms with Gasteiger partial charge in [-0.15, -0.1) is 0 Å². The molecular weight excluding hydrogens is 320 g/mol. The minimum absolute atomic E-state index is 0.152. The predicted octanol–water partition coefficient (Wildman–Crippen LogP) is 2.68. The Bertz CT molecular complexity index is 582. The number of furan rings is 1. The number of hydrogen-bond acceptors (Lipinski definition) is 5. The Balaban J connectivity index is 1.51. The normalized spacial score (nSPS) is 20.3. The van der Waals surface area contributed by atoms with Crippen molar-refractivity contribution < 1.29 is 18.7 Å². The lowest BCUT2D eigenvalue weighted by Crippen LogP contribution is -2.42. The van der Waals surface area contributed by atoms with Crippen LogP contribution in [0.25, 0.3) is 0 Å². The van der Waals surface area contributed by atoms with Crippen molar-refractivity contribution in [3.05, 3.63) is 23.7 Å². The third-order valence-corrected chi connectivity index (χ3v) is 5.37. The molecule has 1 aromatic rings. The van der Waals surface area contributed by atoms with Gasteiger partial charge in [0.1, 0.15) is 0 Å². The average Bonchev–Trinajstić information content (AvgIpc) is 2.93. The Kier molecular flexibility index (Phi) is 6.13. The fourth-order valence-corrected chi connectivity index (χ4v) is 3.86. The number of amides is 1. The third kappa shape index (κ3) is 4.42. The second-order valence-electron chi connectivity index (χ2n) is 7.06. The smallest absolute Gasteiger partial charge is 0.374 e. The molecule has 0 radical (unpaired) electrons. The molecule has 0 spiro atoms. The summed E-state index contributed by atoms with van der Waals surface area (Å²) in [5.74, 6) is 0.343. The summed E-state index contributed by atoms with van der Waals surface area (Å²) in [5.41, 5.74) is 0.851. The second-order valence-corrected chi connectivity index (χ2v) is 7.06. The highest BCUT2D eigenvalue weighted by molar-refractivity contribution is 5.87. The molecule has 6 heteroatoms. The van der Waals surface area contributed by atoms with Gasteiger partial charge in [0.2, 0.25) is 11.7 Å². The van der Waals surface area contributed by atoms with Crippen LogP contribution in [0.4, 0.5) is 0 Å². The summed E-state index contributed by atoms with van der Waals surface area (Å²) >= 11 is 0. The number of hydrogen-bond donors (Lipinski definition) is 0. The van der Waals surface area contributed by atoms with E-state index in [0.29, 0.717) is 12.5 Å². The van der Waals surface area contributed by atoms with Crippen LogP contribution < -0.4 is 0 Å². The molecule has 1 amide bonds. The Morgan fingerprint density at radius 2 is 1.80 bits per heavy atom. The molecule has 3 heterocycles. The average molecular weight is 348 g/mol. The molecule has 0 aliphatic carbocycles. The van der Waals surface area contributed by atoms with Crippen molar-refractivity contribution >= 4 is 11.9 Å². The summed E-state index contributed by atoms with van der Waals surface area (Å²) in [5, 5.41) is 0. The van der Waals surface area contributed by atoms with Crippen LogP contribution in [-0.4, -0.2) is 55.0 Å². The summed E-state index contributed by atoms with van der Waals surface area (Å²) in [4.78, 5) is 28.8. The van der Waals surface area contributed by atoms with Gasteiger partial charge >= 0.3 is 5.97 Å². The molecule has 0 unspecified atom stereocenters. The molecule has 2 aliphatic rings. The van der Waals surface area contributed by atoms with Gasteiger partial charge in [0, 0.05) is 31.1 Å². The van der Waals surface area contributed by atoms with Gasteiger partial charge in [0.15, 0.2) is 0 Å². The Hall–Kier alpha value is -1.82. The molecule has 1 aromatic heterocycles. The highest BCUT2D eigenvalue weighted by atomic mass is 16.5. The molecule has 0 bridgehead atoms. The van der Waals surface area contributed by atoms with E-state index >= 15 is 0 Å². The standard InChI is InChI=1S/C19H28N2O4/c1-24-19(23)17-16(8-13-25-17)14-20-11-6-15(7-12-20)18(22)21-9-4-2-3-5-10-21/h8,13,15H,2-7,9-12,14H2,1H3. The first kappa shape index (κ1) is 18.0. The lowest BCUT2D eigenvalue weighted by atomic mass is 9.94. The maximum Gasteiger partial charge on any atom is 0.374 e. The van der Waals surface area contributed by atoms with E-state index in [2.05, 4.69) is 9.80 Å². The number of carbonyl (C=O) groups is 2. The van der Waals surface area contributed by atoms with Crippen LogP contribution in [0.3, 0.4) is 0 Å². The molecule has 2 saturated heterocycles. The number of nitrogens with zero attached hydrogens (tertiary/aromatic N) is 2. The van der Waals surface area contributed by atoms with Crippen LogP contribution in [-0.2, 0) is 16.1 Å². The number of ether oxygens (including phenoxy) is 1. The molecule has 138 valence electrons. The van der Waals surface area contributed by atoms with Gasteiger partial charge in [-0.25, -0.2) is 4.79 Å². The molecule has 0 atom stereocenters. The van der Waals surface area contributed by atoms with Crippen LogP contribution in [0, 0.1) is 5.92 Å². The summed E-state index contributed by atoms with van der Waals surface area (Å²) in [7, 11) is 1.36. The summed E-state index contributed by atoms with van der Waals surface area (Å²) in [6.07, 6.45) is 8.08. The van der Waals surface area contributed by atoms with Gasteiger partial charge < -0.3 is 14.1 Å². The number of carbonyl (C=O) groups excluding carboxylic acids is 2. The zero-order chi connectivity index (χ0) is 17.6. The highest BCUT2D eigenvalue weighted by Crippen LogP contribution is 2.24. The number of methoxy groups -OCH3 is 1. The minimum Gasteiger partial charge on any atom is -0.463 e. The Morgan fingerprint density at radius 3 is 2.44 bits per heavy atom. The van der Waals surface area contributed by atoms with Crippen molar-refractivity contribution in [2.75, 3.05) is 33.3 Å². The fraction of sp³-hybridized carbons (Fsp3) is 0.684. The summed E-state index contributed by atoms with van der Waals surface area (Å²) < 4.78 is 10.00. The molecule has 0 N–H and O–H groups in total. The van der Waals surface area contributed by atoms with Crippen molar-refractivity contribution in [2.45, 2.75) is 45.1 Å². The summed E-state index contributed by atoms with van der Waals surface area (Å²) in [6, 6.07) is 1.82. The second kappa shape index (κ2) is 8.52. The van der Waals surface area contributed by atoms with E-state index in [0.717, 1.165) is 57.4 Å². The van der Waals surface area contributed by atoms with Gasteiger partial charge in [-0.2, -0.15) is 0 Å². The Labute approximate surface area is 149 Å². The van der Waals surface area contributed by atoms with Crippen molar-refractivity contribution in [1.82, 2.24) is 9.80 Å². The van der Waals surface area contributed by atoms with E-state index in [-0.39, 0.29) is 11.7 Å². The molecule has 6 nitrogen and oxygen atoms in total. The molecule has 2 fully saturated rings. The van der Waals surface area contributed by atoms with Crippen LogP contribution >= 0.6 is 0 Å². The van der Waals surface area contributed by atoms with Crippen LogP contribution in [0.1, 0.15) is 54.6 Å². The minimum atomic E-state index is -0.439. The first-order chi connectivity index (χ1) is 12.2. The quantitative estimate of drug-likeness (QED) is 0.783. The Morgan fingerprint density at radius 1 is 1.12 bits per heavy atom. The van der Waals surface area contributed by atoms with E-state index < -0.39 is 5.97 Å². The molecule has 3 rings (SSSR count). The SMILES string of the molecule is COC(=O)c1occc1CN1CCC(C(=O)N2CCCCCC2)CC1. The van der Waals surface area contributed by atoms with Crippen molar-refractivity contribution in [1.29, 1.82) is 0 Å². The van der Waals surface area contributed by atoms with Crippen LogP contribution in [0.5, 0.6) is 0 Å². The maximum absolute atomic E-state index is 12.7. The zero-order valence-electron chi connectivity index (χ0n) is 15.0. The topological polar surface area (TPSA) is 63.0 Å². The van der Waals surface area contributed by atoms with Gasteiger partial charge in [0.25, 0.3) is 0 Å². The largest absolute Gasteiger partial charge is 0.463 e. The number of likely N-dealkylation sites (tertiary alicyclic amines) is 2. The van der Waals surface area contributed by atoms with E-state index in [9.17, 15) is 9.59 Å². The van der Waals surface area contributed by atoms with Crippen molar-refractivity contribution in [2.24, 2.45) is 5.92 Å². The monoisotopic (exact) mass is 348 g/mol. The van der Waals surface area contributed by atoms with Crippen LogP contribution in [0.2, 0.25) is 0 Å². The molecule has 0 aromatic carbocycles. The van der Waals surface area contributed by atoms with E-state index in [1.807, 2.05) is 6.07 Å². The molecule has 2 aliphatic heterocycles. The maximum atomic E-state index is 12.7. The fourth-order valence-electron chi connectivity index (χ4n) is 3.86. The van der Waals surface area contributed by atoms with Crippen molar-refractivity contribution in [3.8, 4) is 0 Å². The number of rotatable bonds is 4. The van der Waals surface area contributed by atoms with Gasteiger partial charge in [-0.3, -0.25) is 9.69 Å². The molecular formula is C19H28N2O4. The lowest BCUT2D eigenvalue weighted by Gasteiger charge is -2.33. The van der Waals surface area contributed by atoms with Crippen molar-refractivity contribution in [3.63, 3.8) is 0 Å². The van der Waals surface area contributed by atoms with Gasteiger partial charge in [-0.1, -0.05) is 12.8 Å². The van der Waals surface area contributed by atoms with E-state index in [1.54, 1.807) is 0 Å². The number of piperidine rings is 1. The molecule has 0 saturated carbocycles. The lowest BCUT2D eigenvalue weighted by molar-refractivity contribution is -0.137. The summed E-state index contributed by atoms with van der Waals surface area (Å²) in [6.45, 7) is 4.25. The zero-order valence-corrected chi connectivity index (χ0v) is 15.0. The third-order valence-electron chi connectivity index (χ3n) is 5.37. The predicted molar refractivity (Wildman–Crippen MR) is 93.1 cm³/mol. The first-order valence-electron chi connectivity index (χ1n) is 9.35. The molecule has 25 heavy (non-hydrogen) atoms. The highest BCUT2D eigenvalue weighted by Gasteiger charge is 2.29. The van der Waals surface area contributed by atoms with E-state index in [1.165, 1.54) is 26.2 Å². The van der Waals surface area contributed by atoms with Gasteiger partial charge in [-0.05, 0) is 44.8 Å². The van der Waals surface area contributed by atoms with E-state index in [4.69, 9.17) is 9.15 Å². The van der Waals surface area contributed by atoms with Gasteiger partial charge in [0.05, 0.1) is 13.4 Å².